The second kappa shape index (κ2) is 7.24. The molecule has 7 heteroatoms. The molecule has 32 heavy (non-hydrogen) atoms. The molecular weight excluding hydrogens is 420 g/mol. The Balaban J connectivity index is 1.17. The van der Waals surface area contributed by atoms with E-state index < -0.39 is 0 Å². The van der Waals surface area contributed by atoms with E-state index in [4.69, 9.17) is 0 Å². The van der Waals surface area contributed by atoms with Gasteiger partial charge in [0.15, 0.2) is 0 Å². The highest BCUT2D eigenvalue weighted by molar-refractivity contribution is 7.20. The van der Waals surface area contributed by atoms with Crippen LogP contribution in [0.2, 0.25) is 0 Å². The van der Waals surface area contributed by atoms with E-state index in [-0.39, 0.29) is 11.3 Å². The van der Waals surface area contributed by atoms with Gasteiger partial charge in [0.1, 0.15) is 10.7 Å². The molecule has 6 nitrogen and oxygen atoms in total. The van der Waals surface area contributed by atoms with Gasteiger partial charge in [-0.2, -0.15) is 0 Å². The molecule has 2 aromatic rings. The summed E-state index contributed by atoms with van der Waals surface area (Å²) in [6.07, 6.45) is 7.39. The first-order valence-electron chi connectivity index (χ1n) is 12.2. The summed E-state index contributed by atoms with van der Waals surface area (Å²) < 4.78 is 0. The van der Waals surface area contributed by atoms with E-state index in [1.54, 1.807) is 0 Å². The number of aromatic nitrogens is 2. The van der Waals surface area contributed by atoms with Crippen LogP contribution in [0.1, 0.15) is 65.3 Å². The van der Waals surface area contributed by atoms with Crippen molar-refractivity contribution in [3.05, 3.63) is 22.0 Å². The Morgan fingerprint density at radius 1 is 0.875 bits per heavy atom. The van der Waals surface area contributed by atoms with Crippen molar-refractivity contribution in [1.82, 2.24) is 19.8 Å². The van der Waals surface area contributed by atoms with Crippen LogP contribution in [-0.4, -0.2) is 57.8 Å². The van der Waals surface area contributed by atoms with E-state index in [9.17, 15) is 9.59 Å². The molecule has 5 fully saturated rings. The van der Waals surface area contributed by atoms with Gasteiger partial charge < -0.3 is 9.80 Å². The highest BCUT2D eigenvalue weighted by atomic mass is 32.1. The van der Waals surface area contributed by atoms with Crippen molar-refractivity contribution in [2.24, 2.45) is 23.2 Å². The molecule has 1 saturated heterocycles. The van der Waals surface area contributed by atoms with Gasteiger partial charge in [-0.25, -0.2) is 9.97 Å². The summed E-state index contributed by atoms with van der Waals surface area (Å²) >= 11 is 1.48. The number of rotatable bonds is 2. The predicted octanol–water partition coefficient (Wildman–Crippen LogP) is 4.12. The monoisotopic (exact) mass is 452 g/mol. The Bertz CT molecular complexity index is 1080. The summed E-state index contributed by atoms with van der Waals surface area (Å²) in [5.41, 5.74) is 1.84. The molecule has 0 N–H and O–H groups in total. The molecule has 1 aliphatic heterocycles. The zero-order valence-electron chi connectivity index (χ0n) is 19.3. The highest BCUT2D eigenvalue weighted by Crippen LogP contribution is 2.60. The molecule has 2 aromatic heterocycles. The molecule has 2 amide bonds. The molecule has 0 aromatic carbocycles. The number of fused-ring (bicyclic) bond motifs is 1. The van der Waals surface area contributed by atoms with E-state index in [1.165, 1.54) is 30.6 Å². The van der Waals surface area contributed by atoms with Crippen molar-refractivity contribution < 1.29 is 9.59 Å². The Morgan fingerprint density at radius 2 is 1.44 bits per heavy atom. The highest BCUT2D eigenvalue weighted by Gasteiger charge is 2.55. The summed E-state index contributed by atoms with van der Waals surface area (Å²) in [5.74, 6) is 3.54. The number of carbonyl (C=O) groups excluding carboxylic acids is 2. The van der Waals surface area contributed by atoms with Crippen molar-refractivity contribution in [2.75, 3.05) is 26.2 Å². The van der Waals surface area contributed by atoms with Crippen LogP contribution in [0.3, 0.4) is 0 Å². The van der Waals surface area contributed by atoms with Crippen LogP contribution in [0, 0.1) is 43.9 Å². The summed E-state index contributed by atoms with van der Waals surface area (Å²) in [7, 11) is 0. The van der Waals surface area contributed by atoms with Gasteiger partial charge in [0.2, 0.25) is 5.91 Å². The Labute approximate surface area is 193 Å². The van der Waals surface area contributed by atoms with Crippen LogP contribution in [0.25, 0.3) is 10.2 Å². The number of hydrogen-bond acceptors (Lipinski definition) is 5. The average Bonchev–Trinajstić information content (AvgIpc) is 3.08. The van der Waals surface area contributed by atoms with Crippen LogP contribution in [0.4, 0.5) is 0 Å². The molecule has 0 radical (unpaired) electrons. The maximum atomic E-state index is 13.6. The lowest BCUT2D eigenvalue weighted by atomic mass is 9.49. The van der Waals surface area contributed by atoms with Crippen molar-refractivity contribution in [3.8, 4) is 0 Å². The number of amides is 2. The lowest BCUT2D eigenvalue weighted by Gasteiger charge is -2.57. The number of carbonyl (C=O) groups is 2. The third-order valence-corrected chi connectivity index (χ3v) is 9.80. The molecule has 0 spiro atoms. The first kappa shape index (κ1) is 20.6. The van der Waals surface area contributed by atoms with Gasteiger partial charge in [-0.15, -0.1) is 11.3 Å². The first-order chi connectivity index (χ1) is 15.3. The predicted molar refractivity (Wildman–Crippen MR) is 125 cm³/mol. The molecule has 170 valence electrons. The number of hydrogen-bond donors (Lipinski definition) is 0. The van der Waals surface area contributed by atoms with Crippen LogP contribution in [0.5, 0.6) is 0 Å². The molecule has 4 saturated carbocycles. The molecule has 5 aliphatic rings. The van der Waals surface area contributed by atoms with Gasteiger partial charge in [0.05, 0.1) is 10.3 Å². The lowest BCUT2D eigenvalue weighted by molar-refractivity contribution is -0.159. The van der Waals surface area contributed by atoms with Gasteiger partial charge in [-0.1, -0.05) is 0 Å². The summed E-state index contributed by atoms with van der Waals surface area (Å²) in [5, 5.41) is 1.01. The fourth-order valence-electron chi connectivity index (χ4n) is 7.64. The minimum absolute atomic E-state index is 0.0736. The van der Waals surface area contributed by atoms with Crippen LogP contribution in [0.15, 0.2) is 0 Å². The number of thiophene rings is 1. The van der Waals surface area contributed by atoms with E-state index in [2.05, 4.69) is 14.9 Å². The molecular formula is C25H32N4O2S. The fourth-order valence-corrected chi connectivity index (χ4v) is 8.89. The van der Waals surface area contributed by atoms with Crippen molar-refractivity contribution in [2.45, 2.75) is 59.3 Å². The van der Waals surface area contributed by atoms with Gasteiger partial charge in [0.25, 0.3) is 5.91 Å². The summed E-state index contributed by atoms with van der Waals surface area (Å²) in [6, 6.07) is 0. The fraction of sp³-hybridized carbons (Fsp3) is 0.680. The normalized spacial score (nSPS) is 31.5. The summed E-state index contributed by atoms with van der Waals surface area (Å²) in [6.45, 7) is 8.44. The minimum atomic E-state index is -0.0863. The summed E-state index contributed by atoms with van der Waals surface area (Å²) in [4.78, 5) is 41.7. The van der Waals surface area contributed by atoms with Crippen molar-refractivity contribution >= 4 is 33.4 Å². The maximum absolute atomic E-state index is 13.6. The second-order valence-corrected chi connectivity index (χ2v) is 11.9. The third-order valence-electron chi connectivity index (χ3n) is 8.62. The molecule has 0 atom stereocenters. The van der Waals surface area contributed by atoms with Crippen LogP contribution >= 0.6 is 11.3 Å². The molecule has 3 heterocycles. The number of nitrogens with zero attached hydrogens (tertiary/aromatic N) is 4. The largest absolute Gasteiger partial charge is 0.339 e. The van der Waals surface area contributed by atoms with E-state index in [0.29, 0.717) is 32.1 Å². The molecule has 0 unspecified atom stereocenters. The second-order valence-electron chi connectivity index (χ2n) is 10.9. The SMILES string of the molecule is Cc1nc(C)c2c(C)c(C(=O)N3CCN(C(=O)C45CC6CC(CC(C6)C4)C5)CC3)sc2n1. The van der Waals surface area contributed by atoms with E-state index >= 15 is 0 Å². The zero-order chi connectivity index (χ0) is 22.2. The van der Waals surface area contributed by atoms with Gasteiger partial charge in [0, 0.05) is 37.3 Å². The molecule has 4 aliphatic carbocycles. The van der Waals surface area contributed by atoms with Crippen LogP contribution in [-0.2, 0) is 4.79 Å². The quantitative estimate of drug-likeness (QED) is 0.688. The van der Waals surface area contributed by atoms with E-state index in [1.807, 2.05) is 25.7 Å². The zero-order valence-corrected chi connectivity index (χ0v) is 20.1. The van der Waals surface area contributed by atoms with Crippen molar-refractivity contribution in [1.29, 1.82) is 0 Å². The van der Waals surface area contributed by atoms with Crippen molar-refractivity contribution in [3.63, 3.8) is 0 Å². The van der Waals surface area contributed by atoms with Gasteiger partial charge in [-0.05, 0) is 82.6 Å². The lowest BCUT2D eigenvalue weighted by Crippen LogP contribution is -2.58. The Morgan fingerprint density at radius 3 is 2.03 bits per heavy atom. The topological polar surface area (TPSA) is 66.4 Å². The molecule has 4 bridgehead atoms. The number of aryl methyl sites for hydroxylation is 3. The standard InChI is InChI=1S/C25H32N4O2S/c1-14-20-15(2)26-16(3)27-22(20)32-21(14)23(30)28-4-6-29(7-5-28)24(31)25-11-17-8-18(12-25)10-19(9-17)13-25/h17-19H,4-13H2,1-3H3. The van der Waals surface area contributed by atoms with Crippen LogP contribution < -0.4 is 0 Å². The molecule has 7 rings (SSSR count). The Hall–Kier alpha value is -2.02. The average molecular weight is 453 g/mol. The maximum Gasteiger partial charge on any atom is 0.264 e. The number of piperazine rings is 1. The van der Waals surface area contributed by atoms with Gasteiger partial charge >= 0.3 is 0 Å². The van der Waals surface area contributed by atoms with Gasteiger partial charge in [-0.3, -0.25) is 9.59 Å². The Kier molecular flexibility index (Phi) is 4.66. The first-order valence-corrected chi connectivity index (χ1v) is 13.0. The third kappa shape index (κ3) is 3.11. The minimum Gasteiger partial charge on any atom is -0.339 e. The van der Waals surface area contributed by atoms with E-state index in [0.717, 1.165) is 69.2 Å². The smallest absolute Gasteiger partial charge is 0.264 e.